The summed E-state index contributed by atoms with van der Waals surface area (Å²) in [5, 5.41) is 18.9. The van der Waals surface area contributed by atoms with Gasteiger partial charge in [0.2, 0.25) is 0 Å². The highest BCUT2D eigenvalue weighted by molar-refractivity contribution is 5.92. The summed E-state index contributed by atoms with van der Waals surface area (Å²) < 4.78 is 0. The lowest BCUT2D eigenvalue weighted by molar-refractivity contribution is -0.143. The van der Waals surface area contributed by atoms with Crippen molar-refractivity contribution in [2.75, 3.05) is 24.6 Å². The second-order valence-corrected chi connectivity index (χ2v) is 8.08. The van der Waals surface area contributed by atoms with E-state index in [0.29, 0.717) is 13.1 Å². The minimum atomic E-state index is -0.710. The number of rotatable bonds is 8. The number of aliphatic hydroxyl groups excluding tert-OH is 1. The van der Waals surface area contributed by atoms with Gasteiger partial charge in [-0.25, -0.2) is 4.79 Å². The predicted octanol–water partition coefficient (Wildman–Crippen LogP) is 4.49. The summed E-state index contributed by atoms with van der Waals surface area (Å²) in [7, 11) is 0. The van der Waals surface area contributed by atoms with Gasteiger partial charge in [-0.2, -0.15) is 0 Å². The Kier molecular flexibility index (Phi) is 8.06. The highest BCUT2D eigenvalue weighted by atomic mass is 16.4. The molecule has 0 heterocycles. The Balaban J connectivity index is 1.81. The minimum absolute atomic E-state index is 0.0484. The number of nitrogens with zero attached hydrogens (tertiary/aromatic N) is 2. The number of carboxylic acids is 1. The molecule has 0 aromatic heterocycles. The fourth-order valence-corrected chi connectivity index (χ4v) is 4.44. The zero-order valence-corrected chi connectivity index (χ0v) is 18.1. The van der Waals surface area contributed by atoms with Gasteiger partial charge in [-0.1, -0.05) is 55.3 Å². The summed E-state index contributed by atoms with van der Waals surface area (Å²) in [6.45, 7) is 3.02. The van der Waals surface area contributed by atoms with E-state index in [1.54, 1.807) is 9.80 Å². The average Bonchev–Trinajstić information content (AvgIpc) is 2.81. The number of hydrogen-bond acceptors (Lipinski definition) is 3. The molecule has 0 saturated heterocycles. The van der Waals surface area contributed by atoms with Crippen LogP contribution in [-0.4, -0.2) is 46.8 Å². The Morgan fingerprint density at radius 3 is 2.29 bits per heavy atom. The van der Waals surface area contributed by atoms with E-state index in [0.717, 1.165) is 42.5 Å². The van der Waals surface area contributed by atoms with Gasteiger partial charge in [-0.3, -0.25) is 9.69 Å². The lowest BCUT2D eigenvalue weighted by Gasteiger charge is -2.30. The number of urea groups is 1. The van der Waals surface area contributed by atoms with Crippen LogP contribution in [0.4, 0.5) is 10.5 Å². The van der Waals surface area contributed by atoms with Crippen molar-refractivity contribution < 1.29 is 19.8 Å². The molecule has 31 heavy (non-hydrogen) atoms. The van der Waals surface area contributed by atoms with Crippen LogP contribution in [0.15, 0.2) is 54.6 Å². The number of amides is 2. The number of para-hydroxylation sites is 1. The molecule has 0 radical (unpaired) electrons. The molecule has 6 heteroatoms. The normalized spacial score (nSPS) is 18.4. The van der Waals surface area contributed by atoms with Crippen molar-refractivity contribution in [2.45, 2.75) is 45.1 Å². The number of carboxylic acid groups (broad SMARTS) is 1. The maximum absolute atomic E-state index is 13.2. The van der Waals surface area contributed by atoms with Gasteiger partial charge in [-0.15, -0.1) is 0 Å². The molecule has 1 aliphatic carbocycles. The Bertz CT molecular complexity index is 854. The second-order valence-electron chi connectivity index (χ2n) is 8.08. The van der Waals surface area contributed by atoms with Gasteiger partial charge in [0.1, 0.15) is 0 Å². The van der Waals surface area contributed by atoms with Crippen LogP contribution in [0.2, 0.25) is 0 Å². The Morgan fingerprint density at radius 2 is 1.68 bits per heavy atom. The van der Waals surface area contributed by atoms with Crippen molar-refractivity contribution in [1.29, 1.82) is 0 Å². The minimum Gasteiger partial charge on any atom is -0.481 e. The third kappa shape index (κ3) is 5.64. The topological polar surface area (TPSA) is 81.1 Å². The van der Waals surface area contributed by atoms with Crippen molar-refractivity contribution in [3.05, 3.63) is 65.7 Å². The third-order valence-electron chi connectivity index (χ3n) is 6.15. The van der Waals surface area contributed by atoms with Gasteiger partial charge in [0.25, 0.3) is 0 Å². The van der Waals surface area contributed by atoms with Gasteiger partial charge >= 0.3 is 12.0 Å². The molecule has 3 rings (SSSR count). The molecule has 2 aromatic rings. The molecule has 0 spiro atoms. The summed E-state index contributed by atoms with van der Waals surface area (Å²) in [4.78, 5) is 28.2. The van der Waals surface area contributed by atoms with Crippen LogP contribution in [-0.2, 0) is 11.3 Å². The van der Waals surface area contributed by atoms with Crippen LogP contribution in [0.5, 0.6) is 0 Å². The molecule has 1 fully saturated rings. The first-order chi connectivity index (χ1) is 15.0. The average molecular weight is 425 g/mol. The molecule has 166 valence electrons. The first kappa shape index (κ1) is 22.8. The van der Waals surface area contributed by atoms with Gasteiger partial charge in [0.15, 0.2) is 0 Å². The highest BCUT2D eigenvalue weighted by Gasteiger charge is 2.31. The standard InChI is InChI=1S/C25H32N2O4/c1-2-26(16-17-28)25(31)27(21-8-4-3-5-9-21)18-19-12-14-20(15-13-19)22-10-6-7-11-23(22)24(29)30/h3-5,8-9,12-15,22-23,28H,2,6-7,10-11,16-18H2,1H3,(H,29,30). The molecule has 6 nitrogen and oxygen atoms in total. The fraction of sp³-hybridized carbons (Fsp3) is 0.440. The van der Waals surface area contributed by atoms with E-state index in [1.807, 2.05) is 61.5 Å². The van der Waals surface area contributed by atoms with Crippen molar-refractivity contribution in [3.63, 3.8) is 0 Å². The smallest absolute Gasteiger partial charge is 0.324 e. The summed E-state index contributed by atoms with van der Waals surface area (Å²) in [6.07, 6.45) is 3.67. The number of aliphatic carboxylic acids is 1. The maximum Gasteiger partial charge on any atom is 0.324 e. The molecule has 1 saturated carbocycles. The van der Waals surface area contributed by atoms with Crippen LogP contribution < -0.4 is 4.90 Å². The number of hydrogen-bond donors (Lipinski definition) is 2. The van der Waals surface area contributed by atoms with Gasteiger partial charge in [-0.05, 0) is 48.9 Å². The number of carbonyl (C=O) groups is 2. The predicted molar refractivity (Wildman–Crippen MR) is 121 cm³/mol. The second kappa shape index (κ2) is 11.0. The lowest BCUT2D eigenvalue weighted by atomic mass is 9.75. The lowest BCUT2D eigenvalue weighted by Crippen LogP contribution is -2.44. The molecule has 1 aliphatic rings. The van der Waals surface area contributed by atoms with Crippen LogP contribution in [0.1, 0.15) is 49.7 Å². The first-order valence-electron chi connectivity index (χ1n) is 11.1. The van der Waals surface area contributed by atoms with Gasteiger partial charge < -0.3 is 15.1 Å². The SMILES string of the molecule is CCN(CCO)C(=O)N(Cc1ccc(C2CCCCC2C(=O)O)cc1)c1ccccc1. The number of aliphatic hydroxyl groups is 1. The largest absolute Gasteiger partial charge is 0.481 e. The van der Waals surface area contributed by atoms with E-state index in [9.17, 15) is 19.8 Å². The molecular weight excluding hydrogens is 392 g/mol. The summed E-state index contributed by atoms with van der Waals surface area (Å²) in [5.41, 5.74) is 2.83. The first-order valence-corrected chi connectivity index (χ1v) is 11.1. The van der Waals surface area contributed by atoms with Crippen LogP contribution in [0, 0.1) is 5.92 Å². The molecule has 2 unspecified atom stereocenters. The Hall–Kier alpha value is -2.86. The molecule has 2 amide bonds. The molecule has 2 N–H and O–H groups in total. The van der Waals surface area contributed by atoms with Crippen molar-refractivity contribution >= 4 is 17.7 Å². The van der Waals surface area contributed by atoms with Crippen molar-refractivity contribution in [2.24, 2.45) is 5.92 Å². The molecule has 2 atom stereocenters. The summed E-state index contributed by atoms with van der Waals surface area (Å²) >= 11 is 0. The van der Waals surface area contributed by atoms with E-state index >= 15 is 0 Å². The molecule has 2 aromatic carbocycles. The van der Waals surface area contributed by atoms with Crippen LogP contribution >= 0.6 is 0 Å². The maximum atomic E-state index is 13.2. The zero-order valence-electron chi connectivity index (χ0n) is 18.1. The fourth-order valence-electron chi connectivity index (χ4n) is 4.44. The number of benzene rings is 2. The number of likely N-dealkylation sites (N-methyl/N-ethyl adjacent to an activating group) is 1. The van der Waals surface area contributed by atoms with E-state index in [1.165, 1.54) is 0 Å². The molecule has 0 bridgehead atoms. The van der Waals surface area contributed by atoms with Crippen LogP contribution in [0.25, 0.3) is 0 Å². The molecule has 0 aliphatic heterocycles. The van der Waals surface area contributed by atoms with Crippen molar-refractivity contribution in [3.8, 4) is 0 Å². The summed E-state index contributed by atoms with van der Waals surface area (Å²) in [6, 6.07) is 17.4. The van der Waals surface area contributed by atoms with Crippen molar-refractivity contribution in [1.82, 2.24) is 4.90 Å². The van der Waals surface area contributed by atoms with E-state index < -0.39 is 5.97 Å². The van der Waals surface area contributed by atoms with E-state index in [2.05, 4.69) is 0 Å². The van der Waals surface area contributed by atoms with Crippen LogP contribution in [0.3, 0.4) is 0 Å². The molecular formula is C25H32N2O4. The van der Waals surface area contributed by atoms with Gasteiger partial charge in [0, 0.05) is 18.8 Å². The Morgan fingerprint density at radius 1 is 1.00 bits per heavy atom. The highest BCUT2D eigenvalue weighted by Crippen LogP contribution is 2.38. The summed E-state index contributed by atoms with van der Waals surface area (Å²) in [5.74, 6) is -0.982. The van der Waals surface area contributed by atoms with E-state index in [-0.39, 0.29) is 31.0 Å². The third-order valence-corrected chi connectivity index (χ3v) is 6.15. The monoisotopic (exact) mass is 424 g/mol. The number of anilines is 1. The van der Waals surface area contributed by atoms with Gasteiger partial charge in [0.05, 0.1) is 19.1 Å². The zero-order chi connectivity index (χ0) is 22.2. The quantitative estimate of drug-likeness (QED) is 0.654. The Labute approximate surface area is 184 Å². The van der Waals surface area contributed by atoms with E-state index in [4.69, 9.17) is 0 Å². The number of carbonyl (C=O) groups excluding carboxylic acids is 1.